The fourth-order valence-corrected chi connectivity index (χ4v) is 6.94. The number of hydrogen-bond donors (Lipinski definition) is 1. The number of H-pyrrole nitrogens is 1. The maximum atomic E-state index is 14.3. The number of pyridine rings is 2. The van der Waals surface area contributed by atoms with Crippen LogP contribution in [0.25, 0.3) is 16.5 Å². The van der Waals surface area contributed by atoms with E-state index in [1.807, 2.05) is 6.92 Å². The molecule has 4 unspecified atom stereocenters. The Morgan fingerprint density at radius 3 is 2.74 bits per heavy atom. The van der Waals surface area contributed by atoms with Gasteiger partial charge in [0, 0.05) is 52.7 Å². The van der Waals surface area contributed by atoms with Crippen molar-refractivity contribution in [2.75, 3.05) is 31.2 Å². The van der Waals surface area contributed by atoms with Gasteiger partial charge in [-0.3, -0.25) is 14.6 Å². The lowest BCUT2D eigenvalue weighted by atomic mass is 9.83. The van der Waals surface area contributed by atoms with E-state index >= 15 is 0 Å². The van der Waals surface area contributed by atoms with E-state index in [4.69, 9.17) is 9.72 Å². The van der Waals surface area contributed by atoms with E-state index < -0.39 is 0 Å². The van der Waals surface area contributed by atoms with Crippen molar-refractivity contribution in [1.29, 1.82) is 0 Å². The van der Waals surface area contributed by atoms with Crippen molar-refractivity contribution in [3.63, 3.8) is 0 Å². The number of aromatic amines is 1. The van der Waals surface area contributed by atoms with Crippen LogP contribution in [-0.2, 0) is 4.74 Å². The lowest BCUT2D eigenvalue weighted by Gasteiger charge is -2.31. The molecular formula is C33H35N3O3. The summed E-state index contributed by atoms with van der Waals surface area (Å²) in [4.78, 5) is 38.8. The molecule has 1 N–H and O–H groups in total. The zero-order chi connectivity index (χ0) is 26.7. The third-order valence-electron chi connectivity index (χ3n) is 9.24. The lowest BCUT2D eigenvalue weighted by Crippen LogP contribution is -2.38. The summed E-state index contributed by atoms with van der Waals surface area (Å²) in [5.41, 5.74) is 5.08. The average Bonchev–Trinajstić information content (AvgIpc) is 3.88. The number of aryl methyl sites for hydroxylation is 1. The second kappa shape index (κ2) is 9.64. The summed E-state index contributed by atoms with van der Waals surface area (Å²) in [6, 6.07) is 0. The Hall–Kier alpha value is -3.43. The summed E-state index contributed by atoms with van der Waals surface area (Å²) >= 11 is 0. The normalized spacial score (nSPS) is 27.4. The molecule has 6 nitrogen and oxygen atoms in total. The monoisotopic (exact) mass is 521 g/mol. The summed E-state index contributed by atoms with van der Waals surface area (Å²) < 4.78 is 5.66. The summed E-state index contributed by atoms with van der Waals surface area (Å²) in [5.74, 6) is 8.35. The number of aromatic nitrogens is 2. The number of fused-ring (bicyclic) bond motifs is 1. The largest absolute Gasteiger partial charge is 0.378 e. The molecule has 0 amide bonds. The first kappa shape index (κ1) is 24.6. The third kappa shape index (κ3) is 4.37. The van der Waals surface area contributed by atoms with Gasteiger partial charge in [0.2, 0.25) is 0 Å². The zero-order valence-corrected chi connectivity index (χ0v) is 22.8. The van der Waals surface area contributed by atoms with Crippen LogP contribution in [0.1, 0.15) is 72.1 Å². The number of Topliss-reactive ketones (excluding diaryl/α,β-unsaturated/α-hetero) is 1. The Morgan fingerprint density at radius 1 is 1.23 bits per heavy atom. The van der Waals surface area contributed by atoms with Gasteiger partial charge in [0.05, 0.1) is 24.6 Å². The van der Waals surface area contributed by atoms with Gasteiger partial charge in [-0.05, 0) is 56.4 Å². The van der Waals surface area contributed by atoms with Crippen LogP contribution >= 0.6 is 0 Å². The summed E-state index contributed by atoms with van der Waals surface area (Å²) in [7, 11) is 0. The number of ether oxygens (including phenoxy) is 1. The number of allylic oxidation sites excluding steroid dienone is 6. The zero-order valence-electron chi connectivity index (χ0n) is 22.8. The Labute approximate surface area is 229 Å². The van der Waals surface area contributed by atoms with Crippen LogP contribution in [0.15, 0.2) is 35.2 Å². The molecule has 5 aliphatic rings. The Bertz CT molecular complexity index is 1570. The van der Waals surface area contributed by atoms with Crippen LogP contribution in [0.2, 0.25) is 0 Å². The van der Waals surface area contributed by atoms with Crippen molar-refractivity contribution in [2.45, 2.75) is 51.9 Å². The molecule has 0 aromatic carbocycles. The van der Waals surface area contributed by atoms with Gasteiger partial charge in [0.25, 0.3) is 5.56 Å². The van der Waals surface area contributed by atoms with E-state index in [2.05, 4.69) is 59.0 Å². The standard InChI is InChI=1S/C33H35N3O3/c1-19-7-6-10-24(19)28-30-29(32(35-33(28)38)36-13-15-39-16-14-36)27(22-8-4-3-5-9-22)26(20(2)34-30)31(37)25-18-23(25)17-21-11-12-21/h3-4,6-8,19,21,23-25H,5,9-10,13-18H2,1-2H3,(H,35,38). The molecule has 2 aromatic rings. The molecule has 1 aliphatic heterocycles. The Kier molecular flexibility index (Phi) is 6.08. The maximum absolute atomic E-state index is 14.3. The highest BCUT2D eigenvalue weighted by molar-refractivity contribution is 6.12. The van der Waals surface area contributed by atoms with Crippen molar-refractivity contribution < 1.29 is 9.53 Å². The van der Waals surface area contributed by atoms with E-state index in [0.717, 1.165) is 76.8 Å². The molecule has 200 valence electrons. The van der Waals surface area contributed by atoms with E-state index in [0.29, 0.717) is 38.1 Å². The Morgan fingerprint density at radius 2 is 2.05 bits per heavy atom. The lowest BCUT2D eigenvalue weighted by molar-refractivity contribution is 0.0959. The predicted octanol–water partition coefficient (Wildman–Crippen LogP) is 5.32. The minimum atomic E-state index is -0.0642. The van der Waals surface area contributed by atoms with Crippen molar-refractivity contribution in [3.8, 4) is 11.8 Å². The van der Waals surface area contributed by atoms with Gasteiger partial charge in [-0.1, -0.05) is 49.1 Å². The smallest absolute Gasteiger partial charge is 0.255 e. The van der Waals surface area contributed by atoms with Crippen molar-refractivity contribution in [1.82, 2.24) is 9.97 Å². The van der Waals surface area contributed by atoms with Crippen molar-refractivity contribution in [3.05, 3.63) is 63.1 Å². The van der Waals surface area contributed by atoms with Gasteiger partial charge in [-0.25, -0.2) is 0 Å². The van der Waals surface area contributed by atoms with Gasteiger partial charge in [-0.2, -0.15) is 0 Å². The van der Waals surface area contributed by atoms with E-state index in [-0.39, 0.29) is 29.1 Å². The van der Waals surface area contributed by atoms with Crippen LogP contribution in [0.4, 0.5) is 5.82 Å². The first-order chi connectivity index (χ1) is 19.0. The van der Waals surface area contributed by atoms with Crippen LogP contribution < -0.4 is 10.5 Å². The molecule has 2 fully saturated rings. The molecule has 1 saturated carbocycles. The molecule has 39 heavy (non-hydrogen) atoms. The topological polar surface area (TPSA) is 75.3 Å². The SMILES string of the molecule is Cc1nc2c(C3CC=CC3C)c(=O)[nH]c(N3CCOCC3)c2c(C2=CC=CCC2)c1C(=O)C1CC1CC1C#C1. The number of anilines is 1. The minimum Gasteiger partial charge on any atom is -0.378 e. The van der Waals surface area contributed by atoms with Gasteiger partial charge in [0.15, 0.2) is 5.78 Å². The fraction of sp³-hybridized carbons (Fsp3) is 0.485. The molecule has 0 radical (unpaired) electrons. The highest BCUT2D eigenvalue weighted by atomic mass is 16.5. The third-order valence-corrected chi connectivity index (χ3v) is 9.24. The summed E-state index contributed by atoms with van der Waals surface area (Å²) in [5, 5.41) is 0.934. The number of rotatable bonds is 7. The van der Waals surface area contributed by atoms with Crippen LogP contribution in [-0.4, -0.2) is 42.1 Å². The maximum Gasteiger partial charge on any atom is 0.255 e. The number of carbonyl (C=O) groups excluding carboxylic acids is 1. The first-order valence-corrected chi connectivity index (χ1v) is 14.5. The summed E-state index contributed by atoms with van der Waals surface area (Å²) in [6.07, 6.45) is 15.3. The second-order valence-corrected chi connectivity index (χ2v) is 11.8. The molecule has 0 bridgehead atoms. The highest BCUT2D eigenvalue weighted by Crippen LogP contribution is 2.49. The number of nitrogens with zero attached hydrogens (tertiary/aromatic N) is 2. The van der Waals surface area contributed by atoms with Crippen molar-refractivity contribution >= 4 is 28.1 Å². The van der Waals surface area contributed by atoms with Gasteiger partial charge in [-0.15, -0.1) is 0 Å². The first-order valence-electron chi connectivity index (χ1n) is 14.5. The molecular weight excluding hydrogens is 486 g/mol. The Balaban J connectivity index is 1.48. The number of hydrogen-bond acceptors (Lipinski definition) is 5. The number of carbonyl (C=O) groups is 1. The van der Waals surface area contributed by atoms with E-state index in [9.17, 15) is 9.59 Å². The average molecular weight is 522 g/mol. The molecule has 4 aliphatic carbocycles. The molecule has 3 heterocycles. The van der Waals surface area contributed by atoms with Gasteiger partial charge < -0.3 is 14.6 Å². The van der Waals surface area contributed by atoms with Crippen LogP contribution in [0.3, 0.4) is 0 Å². The van der Waals surface area contributed by atoms with Crippen LogP contribution in [0, 0.1) is 42.4 Å². The molecule has 7 rings (SSSR count). The number of nitrogens with one attached hydrogen (secondary N) is 1. The molecule has 2 aromatic heterocycles. The fourth-order valence-electron chi connectivity index (χ4n) is 6.94. The molecule has 4 atom stereocenters. The van der Waals surface area contributed by atoms with Crippen LogP contribution in [0.5, 0.6) is 0 Å². The van der Waals surface area contributed by atoms with Crippen molar-refractivity contribution in [2.24, 2.45) is 23.7 Å². The van der Waals surface area contributed by atoms with Gasteiger partial charge in [0.1, 0.15) is 5.82 Å². The van der Waals surface area contributed by atoms with E-state index in [1.165, 1.54) is 0 Å². The predicted molar refractivity (Wildman–Crippen MR) is 154 cm³/mol. The second-order valence-electron chi connectivity index (χ2n) is 11.8. The quantitative estimate of drug-likeness (QED) is 0.303. The van der Waals surface area contributed by atoms with E-state index in [1.54, 1.807) is 0 Å². The number of ketones is 1. The molecule has 0 spiro atoms. The molecule has 6 heteroatoms. The van der Waals surface area contributed by atoms with Gasteiger partial charge >= 0.3 is 0 Å². The number of morpholine rings is 1. The summed E-state index contributed by atoms with van der Waals surface area (Å²) in [6.45, 7) is 6.72. The molecule has 1 saturated heterocycles. The minimum absolute atomic E-state index is 0.0266. The highest BCUT2D eigenvalue weighted by Gasteiger charge is 2.46.